The molecule has 0 aliphatic rings. The lowest BCUT2D eigenvalue weighted by molar-refractivity contribution is -0.144. The number of methoxy groups -OCH3 is 1. The summed E-state index contributed by atoms with van der Waals surface area (Å²) in [6, 6.07) is 0. The van der Waals surface area contributed by atoms with E-state index in [0.717, 1.165) is 6.42 Å². The third-order valence-corrected chi connectivity index (χ3v) is 1.69. The Bertz CT molecular complexity index is 185. The average molecular weight is 231 g/mol. The number of hydrogen-bond donors (Lipinski definition) is 1. The molecule has 1 N–H and O–H groups in total. The van der Waals surface area contributed by atoms with E-state index in [1.807, 2.05) is 0 Å². The second kappa shape index (κ2) is 12.2. The summed E-state index contributed by atoms with van der Waals surface area (Å²) in [6.07, 6.45) is 2.54. The van der Waals surface area contributed by atoms with Crippen LogP contribution in [-0.2, 0) is 19.0 Å². The maximum atomic E-state index is 11.1. The molecular weight excluding hydrogens is 210 g/mol. The molecule has 0 atom stereocenters. The fourth-order valence-electron chi connectivity index (χ4n) is 0.949. The molecule has 0 aliphatic carbocycles. The number of carbonyl (C=O) groups is 1. The average Bonchev–Trinajstić information content (AvgIpc) is 2.28. The Balaban J connectivity index is 3.12. The van der Waals surface area contributed by atoms with E-state index < -0.39 is 0 Å². The van der Waals surface area contributed by atoms with Crippen molar-refractivity contribution in [1.29, 1.82) is 0 Å². The van der Waals surface area contributed by atoms with Gasteiger partial charge in [-0.2, -0.15) is 0 Å². The Morgan fingerprint density at radius 3 is 2.81 bits per heavy atom. The van der Waals surface area contributed by atoms with Gasteiger partial charge in [0.25, 0.3) is 0 Å². The molecule has 0 aliphatic heterocycles. The van der Waals surface area contributed by atoms with Crippen molar-refractivity contribution in [3.05, 3.63) is 12.7 Å². The monoisotopic (exact) mass is 231 g/mol. The molecule has 0 amide bonds. The normalized spacial score (nSPS) is 10.1. The van der Waals surface area contributed by atoms with Crippen molar-refractivity contribution in [1.82, 2.24) is 5.32 Å². The molecule has 16 heavy (non-hydrogen) atoms. The smallest absolute Gasteiger partial charge is 0.320 e. The fourth-order valence-corrected chi connectivity index (χ4v) is 0.949. The summed E-state index contributed by atoms with van der Waals surface area (Å²) in [5.41, 5.74) is 0. The molecule has 0 heterocycles. The Hall–Kier alpha value is -0.910. The second-order valence-electron chi connectivity index (χ2n) is 3.10. The summed E-state index contributed by atoms with van der Waals surface area (Å²) in [5, 5.41) is 2.85. The van der Waals surface area contributed by atoms with E-state index in [9.17, 15) is 4.79 Å². The third-order valence-electron chi connectivity index (χ3n) is 1.69. The first-order valence-electron chi connectivity index (χ1n) is 5.35. The summed E-state index contributed by atoms with van der Waals surface area (Å²) in [6.45, 7) is 6.36. The van der Waals surface area contributed by atoms with Gasteiger partial charge < -0.3 is 19.5 Å². The van der Waals surface area contributed by atoms with Gasteiger partial charge in [-0.1, -0.05) is 6.08 Å². The first-order chi connectivity index (χ1) is 7.81. The molecule has 0 saturated carbocycles. The summed E-state index contributed by atoms with van der Waals surface area (Å²) in [5.74, 6) is -0.276. The van der Waals surface area contributed by atoms with Gasteiger partial charge in [-0.3, -0.25) is 4.79 Å². The minimum Gasteiger partial charge on any atom is -0.462 e. The molecule has 0 aromatic rings. The van der Waals surface area contributed by atoms with Crippen molar-refractivity contribution in [2.24, 2.45) is 0 Å². The van der Waals surface area contributed by atoms with Crippen LogP contribution >= 0.6 is 0 Å². The van der Waals surface area contributed by atoms with Crippen LogP contribution in [0.1, 0.15) is 6.42 Å². The van der Waals surface area contributed by atoms with Crippen LogP contribution in [0, 0.1) is 0 Å². The number of nitrogens with one attached hydrogen (secondary N) is 1. The Morgan fingerprint density at radius 2 is 2.12 bits per heavy atom. The Kier molecular flexibility index (Phi) is 11.5. The Labute approximate surface area is 96.8 Å². The van der Waals surface area contributed by atoms with E-state index in [-0.39, 0.29) is 12.5 Å². The molecule has 0 radical (unpaired) electrons. The van der Waals surface area contributed by atoms with Gasteiger partial charge in [0, 0.05) is 26.9 Å². The predicted octanol–water partition coefficient (Wildman–Crippen LogP) is 0.358. The van der Waals surface area contributed by atoms with Crippen LogP contribution in [0.3, 0.4) is 0 Å². The molecule has 0 unspecified atom stereocenters. The van der Waals surface area contributed by atoms with Crippen LogP contribution in [0.25, 0.3) is 0 Å². The van der Waals surface area contributed by atoms with Gasteiger partial charge in [-0.05, 0) is 6.42 Å². The highest BCUT2D eigenvalue weighted by Crippen LogP contribution is 1.85. The number of rotatable bonds is 11. The van der Waals surface area contributed by atoms with Gasteiger partial charge in [0.05, 0.1) is 13.2 Å². The van der Waals surface area contributed by atoms with Gasteiger partial charge in [0.1, 0.15) is 6.61 Å². The quantitative estimate of drug-likeness (QED) is 0.316. The highest BCUT2D eigenvalue weighted by molar-refractivity contribution is 5.71. The lowest BCUT2D eigenvalue weighted by atomic mass is 10.5. The SMILES string of the molecule is C=CCNCC(=O)OCCOCCCOC. The molecule has 0 saturated heterocycles. The second-order valence-corrected chi connectivity index (χ2v) is 3.10. The van der Waals surface area contributed by atoms with Gasteiger partial charge in [0.15, 0.2) is 0 Å². The summed E-state index contributed by atoms with van der Waals surface area (Å²) in [4.78, 5) is 11.1. The third kappa shape index (κ3) is 11.2. The van der Waals surface area contributed by atoms with Crippen LogP contribution in [0.2, 0.25) is 0 Å². The van der Waals surface area contributed by atoms with E-state index in [1.54, 1.807) is 13.2 Å². The van der Waals surface area contributed by atoms with Crippen LogP contribution in [0.15, 0.2) is 12.7 Å². The van der Waals surface area contributed by atoms with Crippen molar-refractivity contribution in [3.63, 3.8) is 0 Å². The molecule has 0 spiro atoms. The van der Waals surface area contributed by atoms with Crippen LogP contribution in [0.5, 0.6) is 0 Å². The lowest BCUT2D eigenvalue weighted by Crippen LogP contribution is -2.25. The summed E-state index contributed by atoms with van der Waals surface area (Å²) < 4.78 is 15.0. The van der Waals surface area contributed by atoms with E-state index >= 15 is 0 Å². The molecule has 0 bridgehead atoms. The topological polar surface area (TPSA) is 56.8 Å². The highest BCUT2D eigenvalue weighted by atomic mass is 16.6. The first-order valence-corrected chi connectivity index (χ1v) is 5.35. The Morgan fingerprint density at radius 1 is 1.31 bits per heavy atom. The zero-order valence-electron chi connectivity index (χ0n) is 9.87. The number of carbonyl (C=O) groups excluding carboxylic acids is 1. The summed E-state index contributed by atoms with van der Waals surface area (Å²) >= 11 is 0. The molecule has 94 valence electrons. The van der Waals surface area contributed by atoms with Gasteiger partial charge in [0.2, 0.25) is 0 Å². The maximum absolute atomic E-state index is 11.1. The molecule has 0 fully saturated rings. The van der Waals surface area contributed by atoms with E-state index in [0.29, 0.717) is 33.0 Å². The van der Waals surface area contributed by atoms with Gasteiger partial charge in [-0.25, -0.2) is 0 Å². The van der Waals surface area contributed by atoms with E-state index in [1.165, 1.54) is 0 Å². The predicted molar refractivity (Wildman–Crippen MR) is 61.3 cm³/mol. The fraction of sp³-hybridized carbons (Fsp3) is 0.727. The molecule has 0 aromatic carbocycles. The lowest BCUT2D eigenvalue weighted by Gasteiger charge is -2.06. The zero-order chi connectivity index (χ0) is 12.1. The molecule has 5 nitrogen and oxygen atoms in total. The number of esters is 1. The van der Waals surface area contributed by atoms with Crippen LogP contribution in [-0.4, -0.2) is 52.6 Å². The van der Waals surface area contributed by atoms with Crippen molar-refractivity contribution < 1.29 is 19.0 Å². The molecular formula is C11H21NO4. The molecule has 5 heteroatoms. The number of hydrogen-bond acceptors (Lipinski definition) is 5. The maximum Gasteiger partial charge on any atom is 0.320 e. The van der Waals surface area contributed by atoms with Crippen molar-refractivity contribution in [2.45, 2.75) is 6.42 Å². The standard InChI is InChI=1S/C11H21NO4/c1-3-5-12-10-11(13)16-9-8-15-7-4-6-14-2/h3,12H,1,4-10H2,2H3. The molecule has 0 aromatic heterocycles. The van der Waals surface area contributed by atoms with Crippen LogP contribution in [0.4, 0.5) is 0 Å². The first kappa shape index (κ1) is 15.1. The van der Waals surface area contributed by atoms with Gasteiger partial charge >= 0.3 is 5.97 Å². The number of ether oxygens (including phenoxy) is 3. The molecule has 0 rings (SSSR count). The minimum absolute atomic E-state index is 0.204. The highest BCUT2D eigenvalue weighted by Gasteiger charge is 2.00. The van der Waals surface area contributed by atoms with E-state index in [2.05, 4.69) is 11.9 Å². The largest absolute Gasteiger partial charge is 0.462 e. The van der Waals surface area contributed by atoms with Gasteiger partial charge in [-0.15, -0.1) is 6.58 Å². The summed E-state index contributed by atoms with van der Waals surface area (Å²) in [7, 11) is 1.65. The van der Waals surface area contributed by atoms with Crippen LogP contribution < -0.4 is 5.32 Å². The van der Waals surface area contributed by atoms with Crippen molar-refractivity contribution >= 4 is 5.97 Å². The van der Waals surface area contributed by atoms with E-state index in [4.69, 9.17) is 14.2 Å². The zero-order valence-corrected chi connectivity index (χ0v) is 9.87. The van der Waals surface area contributed by atoms with Crippen molar-refractivity contribution in [2.75, 3.05) is 46.6 Å². The minimum atomic E-state index is -0.276. The van der Waals surface area contributed by atoms with Crippen molar-refractivity contribution in [3.8, 4) is 0 Å².